The van der Waals surface area contributed by atoms with E-state index in [1.807, 2.05) is 0 Å². The number of carboxylic acids is 1. The maximum Gasteiger partial charge on any atom is 0.303 e. The van der Waals surface area contributed by atoms with Crippen molar-refractivity contribution in [2.24, 2.45) is 0 Å². The molecule has 0 radical (unpaired) electrons. The van der Waals surface area contributed by atoms with E-state index in [9.17, 15) is 9.59 Å². The number of ketones is 1. The molecule has 0 aliphatic carbocycles. The van der Waals surface area contributed by atoms with E-state index in [1.165, 1.54) is 0 Å². The molecule has 0 atom stereocenters. The third kappa shape index (κ3) is 5.53. The molecule has 10 heavy (non-hydrogen) atoms. The van der Waals surface area contributed by atoms with E-state index < -0.39 is 5.97 Å². The number of rotatable bonds is 5. The fourth-order valence-electron chi connectivity index (χ4n) is 0.409. The maximum atomic E-state index is 10.5. The van der Waals surface area contributed by atoms with Crippen molar-refractivity contribution in [3.05, 3.63) is 0 Å². The minimum atomic E-state index is -0.970. The fourth-order valence-corrected chi connectivity index (χ4v) is 0.558. The molecule has 0 fully saturated rings. The number of hydrogen-bond acceptors (Lipinski definition) is 3. The Morgan fingerprint density at radius 1 is 1.40 bits per heavy atom. The molecule has 0 rings (SSSR count). The van der Waals surface area contributed by atoms with Crippen LogP contribution in [0.1, 0.15) is 12.8 Å². The molecule has 0 aromatic carbocycles. The number of carbonyl (C=O) groups excluding carboxylic acids is 1. The van der Waals surface area contributed by atoms with Crippen molar-refractivity contribution in [3.63, 3.8) is 0 Å². The SMILES string of the molecule is O=C(O)CCC(=O)CNCl. The predicted octanol–water partition coefficient (Wildman–Crippen LogP) is 0.164. The zero-order chi connectivity index (χ0) is 7.98. The van der Waals surface area contributed by atoms with Gasteiger partial charge in [-0.15, -0.1) is 0 Å². The molecular formula is C5H8ClNO3. The zero-order valence-corrected chi connectivity index (χ0v) is 6.02. The third-order valence-electron chi connectivity index (χ3n) is 0.882. The molecular weight excluding hydrogens is 158 g/mol. The van der Waals surface area contributed by atoms with Gasteiger partial charge in [-0.25, -0.2) is 4.84 Å². The highest BCUT2D eigenvalue weighted by Gasteiger charge is 2.03. The molecule has 0 aromatic rings. The molecule has 5 heteroatoms. The van der Waals surface area contributed by atoms with Crippen molar-refractivity contribution >= 4 is 23.5 Å². The number of carboxylic acid groups (broad SMARTS) is 1. The number of Topliss-reactive ketones (excluding diaryl/α,β-unsaturated/α-hetero) is 1. The average molecular weight is 166 g/mol. The summed E-state index contributed by atoms with van der Waals surface area (Å²) >= 11 is 4.99. The monoisotopic (exact) mass is 165 g/mol. The normalized spacial score (nSPS) is 9.30. The summed E-state index contributed by atoms with van der Waals surface area (Å²) in [4.78, 5) is 22.6. The molecule has 0 saturated carbocycles. The Morgan fingerprint density at radius 3 is 2.40 bits per heavy atom. The summed E-state index contributed by atoms with van der Waals surface area (Å²) < 4.78 is 0. The van der Waals surface area contributed by atoms with Gasteiger partial charge in [-0.2, -0.15) is 0 Å². The first-order valence-electron chi connectivity index (χ1n) is 2.74. The summed E-state index contributed by atoms with van der Waals surface area (Å²) in [7, 11) is 0. The van der Waals surface area contributed by atoms with Crippen molar-refractivity contribution < 1.29 is 14.7 Å². The lowest BCUT2D eigenvalue weighted by Crippen LogP contribution is -2.15. The highest BCUT2D eigenvalue weighted by Crippen LogP contribution is 1.89. The highest BCUT2D eigenvalue weighted by molar-refractivity contribution is 6.14. The van der Waals surface area contributed by atoms with Gasteiger partial charge < -0.3 is 5.11 Å². The molecule has 0 aliphatic rings. The number of hydrogen-bond donors (Lipinski definition) is 2. The summed E-state index contributed by atoms with van der Waals surface area (Å²) in [5.41, 5.74) is 0. The van der Waals surface area contributed by atoms with E-state index in [1.54, 1.807) is 0 Å². The number of nitrogens with one attached hydrogen (secondary N) is 1. The van der Waals surface area contributed by atoms with Gasteiger partial charge in [0.15, 0.2) is 0 Å². The molecule has 0 amide bonds. The minimum absolute atomic E-state index is 0.0227. The van der Waals surface area contributed by atoms with Gasteiger partial charge in [-0.05, 0) is 11.8 Å². The van der Waals surface area contributed by atoms with Crippen LogP contribution in [0.3, 0.4) is 0 Å². The fraction of sp³-hybridized carbons (Fsp3) is 0.600. The van der Waals surface area contributed by atoms with Gasteiger partial charge in [0.2, 0.25) is 0 Å². The first-order valence-corrected chi connectivity index (χ1v) is 3.11. The van der Waals surface area contributed by atoms with Crippen LogP contribution in [-0.2, 0) is 9.59 Å². The molecule has 0 spiro atoms. The van der Waals surface area contributed by atoms with Crippen LogP contribution in [0.5, 0.6) is 0 Å². The lowest BCUT2D eigenvalue weighted by atomic mass is 10.2. The standard InChI is InChI=1S/C5H8ClNO3/c6-7-3-4(8)1-2-5(9)10/h7H,1-3H2,(H,9,10). The zero-order valence-electron chi connectivity index (χ0n) is 5.26. The van der Waals surface area contributed by atoms with Gasteiger partial charge in [0.1, 0.15) is 5.78 Å². The topological polar surface area (TPSA) is 66.4 Å². The van der Waals surface area contributed by atoms with Crippen LogP contribution in [0, 0.1) is 0 Å². The molecule has 0 bridgehead atoms. The van der Waals surface area contributed by atoms with Crippen molar-refractivity contribution in [2.75, 3.05) is 6.54 Å². The van der Waals surface area contributed by atoms with Crippen LogP contribution in [0.25, 0.3) is 0 Å². The van der Waals surface area contributed by atoms with Crippen LogP contribution < -0.4 is 4.84 Å². The summed E-state index contributed by atoms with van der Waals surface area (Å²) in [6.45, 7) is 0.0227. The molecule has 4 nitrogen and oxygen atoms in total. The highest BCUT2D eigenvalue weighted by atomic mass is 35.5. The Morgan fingerprint density at radius 2 is 2.00 bits per heavy atom. The third-order valence-corrected chi connectivity index (χ3v) is 1.02. The van der Waals surface area contributed by atoms with Crippen molar-refractivity contribution in [1.82, 2.24) is 4.84 Å². The molecule has 0 aromatic heterocycles. The van der Waals surface area contributed by atoms with Gasteiger partial charge in [0, 0.05) is 6.42 Å². The van der Waals surface area contributed by atoms with E-state index in [0.717, 1.165) is 0 Å². The van der Waals surface area contributed by atoms with Crippen LogP contribution in [0.2, 0.25) is 0 Å². The smallest absolute Gasteiger partial charge is 0.303 e. The molecule has 0 unspecified atom stereocenters. The number of aliphatic carboxylic acids is 1. The second-order valence-corrected chi connectivity index (χ2v) is 2.01. The van der Waals surface area contributed by atoms with Crippen LogP contribution in [0.15, 0.2) is 0 Å². The van der Waals surface area contributed by atoms with Crippen LogP contribution >= 0.6 is 11.8 Å². The summed E-state index contributed by atoms with van der Waals surface area (Å²) in [5.74, 6) is -1.17. The first-order chi connectivity index (χ1) is 4.66. The molecule has 0 aliphatic heterocycles. The van der Waals surface area contributed by atoms with E-state index in [-0.39, 0.29) is 25.2 Å². The van der Waals surface area contributed by atoms with Crippen LogP contribution in [0.4, 0.5) is 0 Å². The Kier molecular flexibility index (Phi) is 4.88. The largest absolute Gasteiger partial charge is 0.481 e. The van der Waals surface area contributed by atoms with Gasteiger partial charge in [-0.1, -0.05) is 0 Å². The van der Waals surface area contributed by atoms with Crippen molar-refractivity contribution in [3.8, 4) is 0 Å². The van der Waals surface area contributed by atoms with E-state index in [4.69, 9.17) is 16.9 Å². The minimum Gasteiger partial charge on any atom is -0.481 e. The Hall–Kier alpha value is -0.610. The predicted molar refractivity (Wildman–Crippen MR) is 35.7 cm³/mol. The Labute approximate surface area is 63.3 Å². The van der Waals surface area contributed by atoms with E-state index in [2.05, 4.69) is 4.84 Å². The Bertz CT molecular complexity index is 137. The lowest BCUT2D eigenvalue weighted by molar-refractivity contribution is -0.138. The van der Waals surface area contributed by atoms with Crippen molar-refractivity contribution in [1.29, 1.82) is 0 Å². The van der Waals surface area contributed by atoms with Gasteiger partial charge in [0.05, 0.1) is 13.0 Å². The summed E-state index contributed by atoms with van der Waals surface area (Å²) in [6.07, 6.45) is -0.0908. The quantitative estimate of drug-likeness (QED) is 0.570. The van der Waals surface area contributed by atoms with Gasteiger partial charge in [0.25, 0.3) is 0 Å². The van der Waals surface area contributed by atoms with E-state index in [0.29, 0.717) is 0 Å². The molecule has 0 saturated heterocycles. The van der Waals surface area contributed by atoms with Gasteiger partial charge in [-0.3, -0.25) is 9.59 Å². The lowest BCUT2D eigenvalue weighted by Gasteiger charge is -1.93. The maximum absolute atomic E-state index is 10.5. The molecule has 2 N–H and O–H groups in total. The second kappa shape index (κ2) is 5.20. The molecule has 58 valence electrons. The first kappa shape index (κ1) is 9.39. The van der Waals surface area contributed by atoms with E-state index >= 15 is 0 Å². The second-order valence-electron chi connectivity index (χ2n) is 1.74. The average Bonchev–Trinajstić information content (AvgIpc) is 1.85. The Balaban J connectivity index is 3.30. The van der Waals surface area contributed by atoms with Crippen LogP contribution in [-0.4, -0.2) is 23.4 Å². The summed E-state index contributed by atoms with van der Waals surface area (Å²) in [6, 6.07) is 0. The number of halogens is 1. The van der Waals surface area contributed by atoms with Gasteiger partial charge >= 0.3 is 5.97 Å². The number of carbonyl (C=O) groups is 2. The van der Waals surface area contributed by atoms with Crippen molar-refractivity contribution in [2.45, 2.75) is 12.8 Å². The summed E-state index contributed by atoms with van der Waals surface area (Å²) in [5, 5.41) is 8.12. The molecule has 0 heterocycles.